The molecule has 1 fully saturated rings. The quantitative estimate of drug-likeness (QED) is 0.595. The number of hydrogen-bond acceptors (Lipinski definition) is 2. The SMILES string of the molecule is CN=C(NCCc1ccc(F)cc1)NCC(C(C)C)N1CCCC1. The fraction of sp³-hybridized carbons (Fsp3) is 0.632. The average Bonchev–Trinajstić information content (AvgIpc) is 3.09. The van der Waals surface area contributed by atoms with Crippen molar-refractivity contribution in [3.05, 3.63) is 35.6 Å². The summed E-state index contributed by atoms with van der Waals surface area (Å²) in [6, 6.07) is 7.21. The van der Waals surface area contributed by atoms with Gasteiger partial charge in [-0.05, 0) is 56.0 Å². The van der Waals surface area contributed by atoms with Crippen LogP contribution < -0.4 is 10.6 Å². The summed E-state index contributed by atoms with van der Waals surface area (Å²) < 4.78 is 12.9. The molecule has 1 heterocycles. The van der Waals surface area contributed by atoms with E-state index in [4.69, 9.17) is 0 Å². The van der Waals surface area contributed by atoms with Gasteiger partial charge in [0, 0.05) is 26.2 Å². The van der Waals surface area contributed by atoms with E-state index in [2.05, 4.69) is 34.4 Å². The molecule has 4 nitrogen and oxygen atoms in total. The predicted molar refractivity (Wildman–Crippen MR) is 98.9 cm³/mol. The molecule has 1 saturated heterocycles. The number of likely N-dealkylation sites (tertiary alicyclic amines) is 1. The largest absolute Gasteiger partial charge is 0.356 e. The Labute approximate surface area is 145 Å². The molecule has 2 rings (SSSR count). The van der Waals surface area contributed by atoms with Gasteiger partial charge in [-0.25, -0.2) is 4.39 Å². The number of rotatable bonds is 7. The second-order valence-electron chi connectivity index (χ2n) is 6.81. The van der Waals surface area contributed by atoms with Crippen LogP contribution in [0.4, 0.5) is 4.39 Å². The molecule has 0 spiro atoms. The first-order chi connectivity index (χ1) is 11.6. The molecule has 0 radical (unpaired) electrons. The maximum Gasteiger partial charge on any atom is 0.191 e. The van der Waals surface area contributed by atoms with Gasteiger partial charge in [-0.1, -0.05) is 26.0 Å². The van der Waals surface area contributed by atoms with Crippen LogP contribution in [-0.2, 0) is 6.42 Å². The molecule has 24 heavy (non-hydrogen) atoms. The smallest absolute Gasteiger partial charge is 0.191 e. The Morgan fingerprint density at radius 1 is 1.17 bits per heavy atom. The third-order valence-corrected chi connectivity index (χ3v) is 4.70. The summed E-state index contributed by atoms with van der Waals surface area (Å²) >= 11 is 0. The van der Waals surface area contributed by atoms with Crippen LogP contribution in [0.25, 0.3) is 0 Å². The summed E-state index contributed by atoms with van der Waals surface area (Å²) in [5.74, 6) is 1.26. The molecule has 0 saturated carbocycles. The van der Waals surface area contributed by atoms with Crippen molar-refractivity contribution in [1.29, 1.82) is 0 Å². The molecule has 0 bridgehead atoms. The lowest BCUT2D eigenvalue weighted by Crippen LogP contribution is -2.48. The first-order valence-electron chi connectivity index (χ1n) is 9.03. The summed E-state index contributed by atoms with van der Waals surface area (Å²) in [5, 5.41) is 6.80. The van der Waals surface area contributed by atoms with Crippen LogP contribution in [0, 0.1) is 11.7 Å². The van der Waals surface area contributed by atoms with Crippen molar-refractivity contribution in [2.75, 3.05) is 33.2 Å². The number of nitrogens with zero attached hydrogens (tertiary/aromatic N) is 2. The minimum atomic E-state index is -0.189. The molecule has 0 aromatic heterocycles. The highest BCUT2D eigenvalue weighted by Gasteiger charge is 2.24. The number of halogens is 1. The molecule has 1 unspecified atom stereocenters. The zero-order chi connectivity index (χ0) is 17.4. The highest BCUT2D eigenvalue weighted by atomic mass is 19.1. The Kier molecular flexibility index (Phi) is 7.50. The van der Waals surface area contributed by atoms with Crippen molar-refractivity contribution in [3.8, 4) is 0 Å². The Morgan fingerprint density at radius 3 is 2.42 bits per heavy atom. The zero-order valence-corrected chi connectivity index (χ0v) is 15.2. The molecule has 5 heteroatoms. The van der Waals surface area contributed by atoms with Crippen molar-refractivity contribution >= 4 is 5.96 Å². The van der Waals surface area contributed by atoms with Crippen LogP contribution >= 0.6 is 0 Å². The van der Waals surface area contributed by atoms with Gasteiger partial charge in [0.25, 0.3) is 0 Å². The number of aliphatic imine (C=N–C) groups is 1. The molecule has 0 aliphatic carbocycles. The van der Waals surface area contributed by atoms with E-state index in [1.807, 2.05) is 12.1 Å². The summed E-state index contributed by atoms with van der Waals surface area (Å²) in [7, 11) is 1.80. The topological polar surface area (TPSA) is 39.7 Å². The first-order valence-corrected chi connectivity index (χ1v) is 9.03. The van der Waals surface area contributed by atoms with Gasteiger partial charge in [-0.15, -0.1) is 0 Å². The van der Waals surface area contributed by atoms with E-state index in [0.29, 0.717) is 12.0 Å². The Bertz CT molecular complexity index is 507. The lowest BCUT2D eigenvalue weighted by atomic mass is 10.0. The van der Waals surface area contributed by atoms with Crippen molar-refractivity contribution < 1.29 is 4.39 Å². The highest BCUT2D eigenvalue weighted by molar-refractivity contribution is 5.79. The van der Waals surface area contributed by atoms with Gasteiger partial charge in [0.2, 0.25) is 0 Å². The van der Waals surface area contributed by atoms with E-state index in [9.17, 15) is 4.39 Å². The zero-order valence-electron chi connectivity index (χ0n) is 15.2. The molecule has 1 aromatic carbocycles. The van der Waals surface area contributed by atoms with Crippen LogP contribution in [0.15, 0.2) is 29.3 Å². The van der Waals surface area contributed by atoms with E-state index >= 15 is 0 Å². The first kappa shape index (κ1) is 18.7. The molecule has 0 amide bonds. The molecule has 1 aromatic rings. The van der Waals surface area contributed by atoms with Crippen LogP contribution in [0.1, 0.15) is 32.3 Å². The van der Waals surface area contributed by atoms with Gasteiger partial charge in [-0.2, -0.15) is 0 Å². The number of nitrogens with one attached hydrogen (secondary N) is 2. The summed E-state index contributed by atoms with van der Waals surface area (Å²) in [5.41, 5.74) is 1.12. The van der Waals surface area contributed by atoms with Crippen LogP contribution in [0.2, 0.25) is 0 Å². The number of hydrogen-bond donors (Lipinski definition) is 2. The molecule has 134 valence electrons. The van der Waals surface area contributed by atoms with Gasteiger partial charge >= 0.3 is 0 Å². The second-order valence-corrected chi connectivity index (χ2v) is 6.81. The van der Waals surface area contributed by atoms with Crippen molar-refractivity contribution in [1.82, 2.24) is 15.5 Å². The normalized spacial score (nSPS) is 17.3. The van der Waals surface area contributed by atoms with Crippen LogP contribution in [-0.4, -0.2) is 50.1 Å². The van der Waals surface area contributed by atoms with Crippen molar-refractivity contribution in [2.45, 2.75) is 39.2 Å². The highest BCUT2D eigenvalue weighted by Crippen LogP contribution is 2.17. The third-order valence-electron chi connectivity index (χ3n) is 4.70. The molecular formula is C19H31FN4. The fourth-order valence-corrected chi connectivity index (χ4v) is 3.26. The molecular weight excluding hydrogens is 303 g/mol. The van der Waals surface area contributed by atoms with Crippen LogP contribution in [0.3, 0.4) is 0 Å². The van der Waals surface area contributed by atoms with E-state index in [1.165, 1.54) is 38.1 Å². The molecule has 1 aliphatic rings. The van der Waals surface area contributed by atoms with Gasteiger partial charge in [0.1, 0.15) is 5.82 Å². The second kappa shape index (κ2) is 9.62. The number of guanidine groups is 1. The lowest BCUT2D eigenvalue weighted by Gasteiger charge is -2.31. The van der Waals surface area contributed by atoms with Gasteiger partial charge < -0.3 is 10.6 Å². The Morgan fingerprint density at radius 2 is 1.83 bits per heavy atom. The minimum Gasteiger partial charge on any atom is -0.356 e. The average molecular weight is 334 g/mol. The van der Waals surface area contributed by atoms with E-state index in [-0.39, 0.29) is 5.82 Å². The van der Waals surface area contributed by atoms with Crippen molar-refractivity contribution in [2.24, 2.45) is 10.9 Å². The summed E-state index contributed by atoms with van der Waals surface area (Å²) in [4.78, 5) is 6.89. The van der Waals surface area contributed by atoms with Gasteiger partial charge in [-0.3, -0.25) is 9.89 Å². The monoisotopic (exact) mass is 334 g/mol. The van der Waals surface area contributed by atoms with Gasteiger partial charge in [0.05, 0.1) is 0 Å². The number of benzene rings is 1. The van der Waals surface area contributed by atoms with Crippen LogP contribution in [0.5, 0.6) is 0 Å². The van der Waals surface area contributed by atoms with Crippen molar-refractivity contribution in [3.63, 3.8) is 0 Å². The standard InChI is InChI=1S/C19H31FN4/c1-15(2)18(24-12-4-5-13-24)14-23-19(21-3)22-11-10-16-6-8-17(20)9-7-16/h6-9,15,18H,4-5,10-14H2,1-3H3,(H2,21,22,23). The lowest BCUT2D eigenvalue weighted by molar-refractivity contribution is 0.192. The fourth-order valence-electron chi connectivity index (χ4n) is 3.26. The maximum atomic E-state index is 12.9. The molecule has 2 N–H and O–H groups in total. The molecule has 1 aliphatic heterocycles. The summed E-state index contributed by atoms with van der Waals surface area (Å²) in [6.45, 7) is 8.68. The maximum absolute atomic E-state index is 12.9. The van der Waals surface area contributed by atoms with Gasteiger partial charge in [0.15, 0.2) is 5.96 Å². The Balaban J connectivity index is 1.75. The minimum absolute atomic E-state index is 0.189. The van der Waals surface area contributed by atoms with E-state index < -0.39 is 0 Å². The summed E-state index contributed by atoms with van der Waals surface area (Å²) in [6.07, 6.45) is 3.47. The third kappa shape index (κ3) is 5.78. The Hall–Kier alpha value is -1.62. The van der Waals surface area contributed by atoms with E-state index in [0.717, 1.165) is 31.0 Å². The molecule has 1 atom stereocenters. The van der Waals surface area contributed by atoms with E-state index in [1.54, 1.807) is 7.05 Å². The predicted octanol–water partition coefficient (Wildman–Crippen LogP) is 2.65.